The van der Waals surface area contributed by atoms with Gasteiger partial charge < -0.3 is 9.84 Å². The second-order valence-electron chi connectivity index (χ2n) is 4.77. The minimum Gasteiger partial charge on any atom is -0.388 e. The normalized spacial score (nSPS) is 34.2. The van der Waals surface area contributed by atoms with Crippen LogP contribution in [0.5, 0.6) is 0 Å². The third-order valence-corrected chi connectivity index (χ3v) is 3.75. The first-order valence-electron chi connectivity index (χ1n) is 5.83. The van der Waals surface area contributed by atoms with Gasteiger partial charge in [-0.15, -0.1) is 0 Å². The summed E-state index contributed by atoms with van der Waals surface area (Å²) in [6.45, 7) is 0. The van der Waals surface area contributed by atoms with Crippen molar-refractivity contribution in [1.82, 2.24) is 0 Å². The summed E-state index contributed by atoms with van der Waals surface area (Å²) in [5.41, 5.74) is 0.668. The van der Waals surface area contributed by atoms with Crippen molar-refractivity contribution in [3.05, 3.63) is 35.6 Å². The molecule has 2 fully saturated rings. The Hall–Kier alpha value is -0.930. The Morgan fingerprint density at radius 3 is 2.88 bits per heavy atom. The molecular formula is C13H15FO2. The molecule has 0 saturated carbocycles. The van der Waals surface area contributed by atoms with E-state index in [1.165, 1.54) is 12.1 Å². The summed E-state index contributed by atoms with van der Waals surface area (Å²) in [6.07, 6.45) is 2.94. The van der Waals surface area contributed by atoms with E-state index in [-0.39, 0.29) is 17.8 Å². The fourth-order valence-corrected chi connectivity index (χ4v) is 2.95. The van der Waals surface area contributed by atoms with Crippen LogP contribution in [0.3, 0.4) is 0 Å². The third-order valence-electron chi connectivity index (χ3n) is 3.75. The maximum atomic E-state index is 13.1. The summed E-state index contributed by atoms with van der Waals surface area (Å²) in [7, 11) is 0. The highest BCUT2D eigenvalue weighted by Gasteiger charge is 2.44. The molecule has 86 valence electrons. The molecule has 0 aliphatic carbocycles. The zero-order valence-electron chi connectivity index (χ0n) is 8.97. The van der Waals surface area contributed by atoms with Crippen LogP contribution in [0.15, 0.2) is 24.3 Å². The average Bonchev–Trinajstić information content (AvgIpc) is 2.89. The lowest BCUT2D eigenvalue weighted by molar-refractivity contribution is 0.0421. The fourth-order valence-electron chi connectivity index (χ4n) is 2.95. The van der Waals surface area contributed by atoms with Crippen molar-refractivity contribution in [1.29, 1.82) is 0 Å². The van der Waals surface area contributed by atoms with Crippen LogP contribution in [0.1, 0.15) is 30.9 Å². The van der Waals surface area contributed by atoms with Gasteiger partial charge in [-0.3, -0.25) is 0 Å². The molecule has 1 N–H and O–H groups in total. The number of ether oxygens (including phenoxy) is 1. The second-order valence-corrected chi connectivity index (χ2v) is 4.77. The first-order chi connectivity index (χ1) is 7.74. The van der Waals surface area contributed by atoms with Crippen molar-refractivity contribution in [2.75, 3.05) is 0 Å². The standard InChI is InChI=1S/C13H15FO2/c14-9-3-1-2-8(6-9)13(15)11-7-10-4-5-12(11)16-10/h1-3,6,10-13,15H,4-5,7H2. The van der Waals surface area contributed by atoms with Gasteiger partial charge in [0.25, 0.3) is 0 Å². The maximum absolute atomic E-state index is 13.1. The van der Waals surface area contributed by atoms with E-state index in [9.17, 15) is 9.50 Å². The number of hydrogen-bond donors (Lipinski definition) is 1. The molecule has 0 amide bonds. The molecule has 16 heavy (non-hydrogen) atoms. The molecule has 0 aromatic heterocycles. The van der Waals surface area contributed by atoms with Crippen LogP contribution in [0, 0.1) is 11.7 Å². The molecular weight excluding hydrogens is 207 g/mol. The van der Waals surface area contributed by atoms with Gasteiger partial charge in [-0.2, -0.15) is 0 Å². The maximum Gasteiger partial charge on any atom is 0.123 e. The van der Waals surface area contributed by atoms with Crippen LogP contribution in [0.25, 0.3) is 0 Å². The highest BCUT2D eigenvalue weighted by Crippen LogP contribution is 2.44. The molecule has 2 aliphatic heterocycles. The van der Waals surface area contributed by atoms with E-state index in [0.717, 1.165) is 19.3 Å². The van der Waals surface area contributed by atoms with Crippen molar-refractivity contribution < 1.29 is 14.2 Å². The monoisotopic (exact) mass is 222 g/mol. The predicted octanol–water partition coefficient (Wildman–Crippen LogP) is 2.43. The van der Waals surface area contributed by atoms with Crippen LogP contribution in [0.2, 0.25) is 0 Å². The Morgan fingerprint density at radius 2 is 2.25 bits per heavy atom. The molecule has 2 bridgehead atoms. The molecule has 1 aromatic carbocycles. The lowest BCUT2D eigenvalue weighted by Gasteiger charge is -2.24. The second kappa shape index (κ2) is 3.82. The van der Waals surface area contributed by atoms with Gasteiger partial charge in [0.1, 0.15) is 5.82 Å². The molecule has 0 radical (unpaired) electrons. The molecule has 4 unspecified atom stereocenters. The quantitative estimate of drug-likeness (QED) is 0.832. The van der Waals surface area contributed by atoms with Gasteiger partial charge in [0, 0.05) is 5.92 Å². The Labute approximate surface area is 94.0 Å². The smallest absolute Gasteiger partial charge is 0.123 e. The minimum atomic E-state index is -0.592. The minimum absolute atomic E-state index is 0.139. The van der Waals surface area contributed by atoms with E-state index < -0.39 is 6.10 Å². The number of fused-ring (bicyclic) bond motifs is 2. The third kappa shape index (κ3) is 1.64. The Kier molecular flexibility index (Phi) is 2.45. The van der Waals surface area contributed by atoms with Gasteiger partial charge >= 0.3 is 0 Å². The van der Waals surface area contributed by atoms with Crippen molar-refractivity contribution in [2.24, 2.45) is 5.92 Å². The predicted molar refractivity (Wildman–Crippen MR) is 57.4 cm³/mol. The molecule has 2 nitrogen and oxygen atoms in total. The molecule has 2 aliphatic rings. The number of hydrogen-bond acceptors (Lipinski definition) is 2. The molecule has 0 spiro atoms. The van der Waals surface area contributed by atoms with Crippen LogP contribution >= 0.6 is 0 Å². The number of halogens is 1. The summed E-state index contributed by atoms with van der Waals surface area (Å²) in [5, 5.41) is 10.2. The number of aliphatic hydroxyl groups is 1. The topological polar surface area (TPSA) is 29.5 Å². The lowest BCUT2D eigenvalue weighted by Crippen LogP contribution is -2.23. The van der Waals surface area contributed by atoms with Crippen LogP contribution < -0.4 is 0 Å². The SMILES string of the molecule is OC(c1cccc(F)c1)C1CC2CCC1O2. The van der Waals surface area contributed by atoms with Gasteiger partial charge in [0.15, 0.2) is 0 Å². The molecule has 4 atom stereocenters. The van der Waals surface area contributed by atoms with Crippen LogP contribution in [0.4, 0.5) is 4.39 Å². The summed E-state index contributed by atoms with van der Waals surface area (Å²) < 4.78 is 18.8. The number of aliphatic hydroxyl groups excluding tert-OH is 1. The Balaban J connectivity index is 1.80. The number of benzene rings is 1. The molecule has 3 heteroatoms. The van der Waals surface area contributed by atoms with Gasteiger partial charge in [0.05, 0.1) is 18.3 Å². The highest BCUT2D eigenvalue weighted by molar-refractivity contribution is 5.20. The first kappa shape index (κ1) is 10.2. The van der Waals surface area contributed by atoms with Crippen LogP contribution in [-0.2, 0) is 4.74 Å². The zero-order valence-corrected chi connectivity index (χ0v) is 8.97. The van der Waals surface area contributed by atoms with Gasteiger partial charge in [0.2, 0.25) is 0 Å². The summed E-state index contributed by atoms with van der Waals surface area (Å²) in [6, 6.07) is 6.23. The van der Waals surface area contributed by atoms with E-state index in [1.807, 2.05) is 0 Å². The van der Waals surface area contributed by atoms with E-state index in [2.05, 4.69) is 0 Å². The van der Waals surface area contributed by atoms with Gasteiger partial charge in [-0.05, 0) is 37.0 Å². The van der Waals surface area contributed by atoms with E-state index >= 15 is 0 Å². The first-order valence-corrected chi connectivity index (χ1v) is 5.83. The molecule has 2 saturated heterocycles. The van der Waals surface area contributed by atoms with E-state index in [0.29, 0.717) is 11.7 Å². The summed E-state index contributed by atoms with van der Waals surface area (Å²) in [5.74, 6) is -0.152. The molecule has 2 heterocycles. The van der Waals surface area contributed by atoms with Crippen molar-refractivity contribution in [2.45, 2.75) is 37.6 Å². The van der Waals surface area contributed by atoms with Gasteiger partial charge in [-0.25, -0.2) is 4.39 Å². The van der Waals surface area contributed by atoms with E-state index in [1.54, 1.807) is 12.1 Å². The number of rotatable bonds is 2. The molecule has 3 rings (SSSR count). The Morgan fingerprint density at radius 1 is 1.38 bits per heavy atom. The fraction of sp³-hybridized carbons (Fsp3) is 0.538. The summed E-state index contributed by atoms with van der Waals surface area (Å²) in [4.78, 5) is 0. The van der Waals surface area contributed by atoms with Crippen molar-refractivity contribution in [3.63, 3.8) is 0 Å². The zero-order chi connectivity index (χ0) is 11.1. The van der Waals surface area contributed by atoms with Crippen LogP contribution in [-0.4, -0.2) is 17.3 Å². The van der Waals surface area contributed by atoms with Crippen molar-refractivity contribution in [3.8, 4) is 0 Å². The van der Waals surface area contributed by atoms with Crippen molar-refractivity contribution >= 4 is 0 Å². The van der Waals surface area contributed by atoms with Gasteiger partial charge in [-0.1, -0.05) is 12.1 Å². The highest BCUT2D eigenvalue weighted by atomic mass is 19.1. The summed E-state index contributed by atoms with van der Waals surface area (Å²) >= 11 is 0. The largest absolute Gasteiger partial charge is 0.388 e. The van der Waals surface area contributed by atoms with E-state index in [4.69, 9.17) is 4.74 Å². The average molecular weight is 222 g/mol. The molecule has 1 aromatic rings. The lowest BCUT2D eigenvalue weighted by atomic mass is 9.83. The Bertz CT molecular complexity index is 393.